The summed E-state index contributed by atoms with van der Waals surface area (Å²) >= 11 is 5.95. The predicted octanol–water partition coefficient (Wildman–Crippen LogP) is 4.37. The van der Waals surface area contributed by atoms with Gasteiger partial charge in [0.05, 0.1) is 23.8 Å². The summed E-state index contributed by atoms with van der Waals surface area (Å²) in [7, 11) is 1.69. The minimum absolute atomic E-state index is 0.142. The summed E-state index contributed by atoms with van der Waals surface area (Å²) in [4.78, 5) is 30.2. The first-order valence-electron chi connectivity index (χ1n) is 11.7. The molecule has 1 aliphatic rings. The van der Waals surface area contributed by atoms with Crippen molar-refractivity contribution in [3.63, 3.8) is 0 Å². The van der Waals surface area contributed by atoms with Crippen LogP contribution in [0.2, 0.25) is 0 Å². The highest BCUT2D eigenvalue weighted by Crippen LogP contribution is 2.31. The maximum atomic E-state index is 13.0. The van der Waals surface area contributed by atoms with E-state index in [0.29, 0.717) is 17.8 Å². The van der Waals surface area contributed by atoms with Crippen LogP contribution in [-0.4, -0.2) is 57.5 Å². The Kier molecular flexibility index (Phi) is 8.67. The summed E-state index contributed by atoms with van der Waals surface area (Å²) in [5.41, 5.74) is 2.37. The fraction of sp³-hybridized carbons (Fsp3) is 0.462. The summed E-state index contributed by atoms with van der Waals surface area (Å²) in [5.74, 6) is 0.741. The van der Waals surface area contributed by atoms with Gasteiger partial charge in [0.25, 0.3) is 5.91 Å². The smallest absolute Gasteiger partial charge is 0.253 e. The van der Waals surface area contributed by atoms with E-state index in [2.05, 4.69) is 26.5 Å². The number of hydrogen-bond donors (Lipinski definition) is 2. The monoisotopic (exact) mass is 486 g/mol. The molecule has 0 aliphatic carbocycles. The highest BCUT2D eigenvalue weighted by atomic mass is 35.5. The molecule has 0 bridgehead atoms. The molecule has 1 heterocycles. The van der Waals surface area contributed by atoms with Crippen LogP contribution in [-0.2, 0) is 4.79 Å². The largest absolute Gasteiger partial charge is 0.495 e. The zero-order chi connectivity index (χ0) is 24.7. The molecule has 1 fully saturated rings. The van der Waals surface area contributed by atoms with Crippen LogP contribution in [0.5, 0.6) is 5.75 Å². The zero-order valence-electron chi connectivity index (χ0n) is 20.5. The quantitative estimate of drug-likeness (QED) is 0.515. The van der Waals surface area contributed by atoms with Crippen molar-refractivity contribution in [1.29, 1.82) is 0 Å². The number of halogens is 1. The van der Waals surface area contributed by atoms with Gasteiger partial charge in [-0.15, -0.1) is 11.6 Å². The van der Waals surface area contributed by atoms with Gasteiger partial charge < -0.3 is 25.2 Å². The van der Waals surface area contributed by atoms with E-state index in [1.807, 2.05) is 37.3 Å². The Labute approximate surface area is 207 Å². The van der Waals surface area contributed by atoms with E-state index in [0.717, 1.165) is 49.7 Å². The summed E-state index contributed by atoms with van der Waals surface area (Å²) < 4.78 is 5.52. The van der Waals surface area contributed by atoms with Gasteiger partial charge in [0.2, 0.25) is 5.91 Å². The number of amides is 2. The van der Waals surface area contributed by atoms with Crippen molar-refractivity contribution >= 4 is 40.5 Å². The Morgan fingerprint density at radius 2 is 1.68 bits per heavy atom. The molecule has 0 saturated carbocycles. The van der Waals surface area contributed by atoms with E-state index in [-0.39, 0.29) is 17.7 Å². The lowest BCUT2D eigenvalue weighted by atomic mass is 9.95. The third kappa shape index (κ3) is 5.95. The molecule has 0 atom stereocenters. The number of nitrogens with one attached hydrogen (secondary N) is 2. The Balaban J connectivity index is 1.81. The van der Waals surface area contributed by atoms with E-state index >= 15 is 0 Å². The normalized spacial score (nSPS) is 14.0. The number of para-hydroxylation sites is 2. The van der Waals surface area contributed by atoms with Gasteiger partial charge in [-0.3, -0.25) is 9.59 Å². The summed E-state index contributed by atoms with van der Waals surface area (Å²) in [6.45, 7) is 9.32. The molecule has 8 heteroatoms. The number of alkyl halides is 1. The molecule has 1 saturated heterocycles. The molecule has 0 aromatic heterocycles. The minimum atomic E-state index is -0.709. The lowest BCUT2D eigenvalue weighted by Gasteiger charge is -2.38. The third-order valence-corrected chi connectivity index (χ3v) is 6.70. The first kappa shape index (κ1) is 25.7. The molecule has 1 aliphatic heterocycles. The average molecular weight is 487 g/mol. The van der Waals surface area contributed by atoms with Crippen LogP contribution < -0.4 is 25.2 Å². The molecule has 0 spiro atoms. The van der Waals surface area contributed by atoms with Crippen LogP contribution >= 0.6 is 11.6 Å². The second-order valence-electron chi connectivity index (χ2n) is 9.11. The Morgan fingerprint density at radius 3 is 2.29 bits per heavy atom. The van der Waals surface area contributed by atoms with Crippen LogP contribution in [0.1, 0.15) is 37.6 Å². The number of carbonyl (C=O) groups excluding carboxylic acids is 2. The number of carbonyl (C=O) groups is 2. The summed E-state index contributed by atoms with van der Waals surface area (Å²) in [6.07, 6.45) is 0.846. The van der Waals surface area contributed by atoms with Crippen LogP contribution in [0.15, 0.2) is 42.5 Å². The minimum Gasteiger partial charge on any atom is -0.495 e. The Morgan fingerprint density at radius 1 is 1.03 bits per heavy atom. The van der Waals surface area contributed by atoms with Gasteiger partial charge in [0.15, 0.2) is 0 Å². The number of anilines is 3. The van der Waals surface area contributed by atoms with Gasteiger partial charge in [0.1, 0.15) is 5.75 Å². The van der Waals surface area contributed by atoms with Crippen molar-refractivity contribution < 1.29 is 14.3 Å². The molecule has 2 N–H and O–H groups in total. The van der Waals surface area contributed by atoms with E-state index in [4.69, 9.17) is 16.3 Å². The van der Waals surface area contributed by atoms with E-state index < -0.39 is 5.41 Å². The van der Waals surface area contributed by atoms with Gasteiger partial charge in [-0.1, -0.05) is 19.1 Å². The van der Waals surface area contributed by atoms with Crippen molar-refractivity contribution in [3.05, 3.63) is 48.0 Å². The predicted molar refractivity (Wildman–Crippen MR) is 140 cm³/mol. The van der Waals surface area contributed by atoms with E-state index in [1.165, 1.54) is 0 Å². The molecule has 2 aromatic rings. The van der Waals surface area contributed by atoms with Crippen molar-refractivity contribution in [2.75, 3.05) is 60.8 Å². The maximum absolute atomic E-state index is 13.0. The highest BCUT2D eigenvalue weighted by Gasteiger charge is 2.28. The summed E-state index contributed by atoms with van der Waals surface area (Å²) in [5, 5.41) is 5.89. The lowest BCUT2D eigenvalue weighted by Crippen LogP contribution is -2.47. The van der Waals surface area contributed by atoms with Crippen molar-refractivity contribution in [2.24, 2.45) is 5.41 Å². The third-order valence-electron chi connectivity index (χ3n) is 6.03. The van der Waals surface area contributed by atoms with Crippen LogP contribution in [0.25, 0.3) is 0 Å². The van der Waals surface area contributed by atoms with Crippen molar-refractivity contribution in [3.8, 4) is 5.75 Å². The number of rotatable bonds is 9. The Bertz CT molecular complexity index is 1000. The van der Waals surface area contributed by atoms with Gasteiger partial charge in [0, 0.05) is 50.0 Å². The molecule has 2 amide bonds. The Hall–Kier alpha value is -2.93. The molecule has 3 rings (SSSR count). The maximum Gasteiger partial charge on any atom is 0.253 e. The van der Waals surface area contributed by atoms with Gasteiger partial charge in [-0.05, 0) is 50.6 Å². The molecule has 7 nitrogen and oxygen atoms in total. The molecule has 2 aromatic carbocycles. The number of hydrogen-bond acceptors (Lipinski definition) is 5. The highest BCUT2D eigenvalue weighted by molar-refractivity contribution is 6.20. The standard InChI is InChI=1S/C26H35ClN4O3/c1-5-12-28-24(32)20-17-19(29-25(33)26(2,3)18-27)10-11-21(20)30-13-15-31(16-14-30)22-8-6-7-9-23(22)34-4/h6-11,17H,5,12-16,18H2,1-4H3,(H,28,32)(H,29,33). The van der Waals surface area contributed by atoms with Gasteiger partial charge >= 0.3 is 0 Å². The molecule has 0 radical (unpaired) electrons. The number of benzene rings is 2. The van der Waals surface area contributed by atoms with E-state index in [9.17, 15) is 9.59 Å². The average Bonchev–Trinajstić information content (AvgIpc) is 2.87. The molecular weight excluding hydrogens is 452 g/mol. The van der Waals surface area contributed by atoms with Gasteiger partial charge in [-0.25, -0.2) is 0 Å². The number of piperazine rings is 1. The number of methoxy groups -OCH3 is 1. The van der Waals surface area contributed by atoms with Crippen LogP contribution in [0.3, 0.4) is 0 Å². The second-order valence-corrected chi connectivity index (χ2v) is 9.37. The van der Waals surface area contributed by atoms with Crippen molar-refractivity contribution in [2.45, 2.75) is 27.2 Å². The van der Waals surface area contributed by atoms with Gasteiger partial charge in [-0.2, -0.15) is 0 Å². The molecule has 34 heavy (non-hydrogen) atoms. The number of nitrogens with zero attached hydrogens (tertiary/aromatic N) is 2. The van der Waals surface area contributed by atoms with E-state index in [1.54, 1.807) is 27.0 Å². The molecule has 0 unspecified atom stereocenters. The molecular formula is C26H35ClN4O3. The fourth-order valence-electron chi connectivity index (χ4n) is 3.85. The first-order valence-corrected chi connectivity index (χ1v) is 12.3. The molecule has 184 valence electrons. The number of ether oxygens (including phenoxy) is 1. The second kappa shape index (κ2) is 11.5. The van der Waals surface area contributed by atoms with Crippen molar-refractivity contribution in [1.82, 2.24) is 5.32 Å². The summed E-state index contributed by atoms with van der Waals surface area (Å²) in [6, 6.07) is 13.5. The first-order chi connectivity index (χ1) is 16.3. The fourth-order valence-corrected chi connectivity index (χ4v) is 3.97. The SMILES string of the molecule is CCCNC(=O)c1cc(NC(=O)C(C)(C)CCl)ccc1N1CCN(c2ccccc2OC)CC1. The lowest BCUT2D eigenvalue weighted by molar-refractivity contribution is -0.122. The van der Waals surface area contributed by atoms with Crippen LogP contribution in [0.4, 0.5) is 17.1 Å². The van der Waals surface area contributed by atoms with Crippen LogP contribution in [0, 0.1) is 5.41 Å². The topological polar surface area (TPSA) is 73.9 Å². The zero-order valence-corrected chi connectivity index (χ0v) is 21.2.